The molecule has 0 saturated heterocycles. The first-order valence-electron chi connectivity index (χ1n) is 8.04. The zero-order valence-electron chi connectivity index (χ0n) is 15.1. The molecule has 2 aromatic carbocycles. The fourth-order valence-corrected chi connectivity index (χ4v) is 2.74. The number of nitrogens with zero attached hydrogens (tertiary/aromatic N) is 1. The fraction of sp³-hybridized carbons (Fsp3) is 0.200. The van der Waals surface area contributed by atoms with E-state index in [9.17, 15) is 4.79 Å². The molecule has 0 saturated carbocycles. The van der Waals surface area contributed by atoms with Gasteiger partial charge in [-0.25, -0.2) is 9.78 Å². The van der Waals surface area contributed by atoms with E-state index < -0.39 is 5.97 Å². The Morgan fingerprint density at radius 1 is 1.00 bits per heavy atom. The Kier molecular flexibility index (Phi) is 4.93. The van der Waals surface area contributed by atoms with Gasteiger partial charge in [0.1, 0.15) is 11.5 Å². The van der Waals surface area contributed by atoms with Crippen molar-refractivity contribution in [3.63, 3.8) is 0 Å². The van der Waals surface area contributed by atoms with Gasteiger partial charge in [0.15, 0.2) is 5.69 Å². The summed E-state index contributed by atoms with van der Waals surface area (Å²) in [6.07, 6.45) is 0. The lowest BCUT2D eigenvalue weighted by Gasteiger charge is -2.14. The third-order valence-electron chi connectivity index (χ3n) is 4.07. The van der Waals surface area contributed by atoms with Gasteiger partial charge in [-0.3, -0.25) is 0 Å². The van der Waals surface area contributed by atoms with Gasteiger partial charge in [0.25, 0.3) is 0 Å². The van der Waals surface area contributed by atoms with Crippen molar-refractivity contribution in [3.8, 4) is 11.5 Å². The van der Waals surface area contributed by atoms with Crippen LogP contribution in [0.3, 0.4) is 0 Å². The van der Waals surface area contributed by atoms with Crippen LogP contribution in [0.2, 0.25) is 0 Å². The summed E-state index contributed by atoms with van der Waals surface area (Å²) in [5.41, 5.74) is 3.47. The monoisotopic (exact) mass is 352 g/mol. The van der Waals surface area contributed by atoms with E-state index >= 15 is 0 Å². The molecule has 3 aromatic rings. The van der Waals surface area contributed by atoms with E-state index in [1.165, 1.54) is 7.11 Å². The van der Waals surface area contributed by atoms with Crippen LogP contribution in [-0.4, -0.2) is 32.3 Å². The van der Waals surface area contributed by atoms with Crippen molar-refractivity contribution in [2.45, 2.75) is 6.92 Å². The number of esters is 1. The maximum Gasteiger partial charge on any atom is 0.356 e. The molecule has 6 nitrogen and oxygen atoms in total. The number of fused-ring (bicyclic) bond motifs is 1. The van der Waals surface area contributed by atoms with E-state index in [1.807, 2.05) is 37.3 Å². The van der Waals surface area contributed by atoms with Crippen LogP contribution in [0.4, 0.5) is 11.4 Å². The van der Waals surface area contributed by atoms with Gasteiger partial charge in [-0.1, -0.05) is 18.2 Å². The molecule has 0 aliphatic heterocycles. The highest BCUT2D eigenvalue weighted by Gasteiger charge is 2.14. The molecule has 1 N–H and O–H groups in total. The van der Waals surface area contributed by atoms with Crippen LogP contribution >= 0.6 is 0 Å². The number of aryl methyl sites for hydroxylation is 1. The number of methoxy groups -OCH3 is 3. The number of carbonyl (C=O) groups is 1. The molecule has 0 fully saturated rings. The average Bonchev–Trinajstić information content (AvgIpc) is 2.67. The number of hydrogen-bond acceptors (Lipinski definition) is 6. The highest BCUT2D eigenvalue weighted by Crippen LogP contribution is 2.32. The molecule has 0 amide bonds. The largest absolute Gasteiger partial charge is 0.497 e. The number of carbonyl (C=O) groups excluding carboxylic acids is 1. The van der Waals surface area contributed by atoms with E-state index in [-0.39, 0.29) is 5.69 Å². The summed E-state index contributed by atoms with van der Waals surface area (Å²) in [5.74, 6) is 0.839. The molecule has 3 rings (SSSR count). The van der Waals surface area contributed by atoms with Crippen molar-refractivity contribution in [1.29, 1.82) is 0 Å². The summed E-state index contributed by atoms with van der Waals surface area (Å²) in [4.78, 5) is 16.5. The predicted molar refractivity (Wildman–Crippen MR) is 101 cm³/mol. The molecule has 6 heteroatoms. The summed E-state index contributed by atoms with van der Waals surface area (Å²) < 4.78 is 15.5. The van der Waals surface area contributed by atoms with Crippen LogP contribution < -0.4 is 14.8 Å². The van der Waals surface area contributed by atoms with Crippen molar-refractivity contribution in [3.05, 3.63) is 53.7 Å². The molecule has 134 valence electrons. The first-order valence-corrected chi connectivity index (χ1v) is 8.04. The Balaban J connectivity index is 2.15. The Morgan fingerprint density at radius 3 is 2.31 bits per heavy atom. The van der Waals surface area contributed by atoms with E-state index in [0.29, 0.717) is 11.5 Å². The van der Waals surface area contributed by atoms with Crippen LogP contribution in [0.25, 0.3) is 10.9 Å². The molecule has 0 spiro atoms. The average molecular weight is 352 g/mol. The van der Waals surface area contributed by atoms with Gasteiger partial charge in [-0.05, 0) is 18.6 Å². The van der Waals surface area contributed by atoms with Crippen molar-refractivity contribution in [1.82, 2.24) is 4.98 Å². The molecular weight excluding hydrogens is 332 g/mol. The van der Waals surface area contributed by atoms with Crippen molar-refractivity contribution in [2.75, 3.05) is 26.6 Å². The molecule has 0 aliphatic carbocycles. The highest BCUT2D eigenvalue weighted by atomic mass is 16.5. The molecule has 0 aliphatic rings. The first-order chi connectivity index (χ1) is 12.5. The lowest BCUT2D eigenvalue weighted by molar-refractivity contribution is 0.0594. The Bertz CT molecular complexity index is 947. The second kappa shape index (κ2) is 7.31. The lowest BCUT2D eigenvalue weighted by Crippen LogP contribution is -2.06. The standard InChI is InChI=1S/C20H20N2O4/c1-12-6-5-7-16-17(11-18(20(23)26-4)22-19(12)16)21-13-8-14(24-2)10-15(9-13)25-3/h5-11H,1-4H3,(H,21,22). The van der Waals surface area contributed by atoms with Gasteiger partial charge in [0.05, 0.1) is 32.5 Å². The molecule has 0 unspecified atom stereocenters. The molecule has 26 heavy (non-hydrogen) atoms. The van der Waals surface area contributed by atoms with Gasteiger partial charge >= 0.3 is 5.97 Å². The Hall–Kier alpha value is -3.28. The van der Waals surface area contributed by atoms with Crippen LogP contribution in [0.5, 0.6) is 11.5 Å². The number of pyridine rings is 1. The Labute approximate surface area is 151 Å². The molecule has 0 radical (unpaired) electrons. The highest BCUT2D eigenvalue weighted by molar-refractivity contribution is 5.99. The van der Waals surface area contributed by atoms with Crippen LogP contribution in [0.1, 0.15) is 16.1 Å². The SMILES string of the molecule is COC(=O)c1cc(Nc2cc(OC)cc(OC)c2)c2cccc(C)c2n1. The summed E-state index contributed by atoms with van der Waals surface area (Å²) >= 11 is 0. The summed E-state index contributed by atoms with van der Waals surface area (Å²) in [6, 6.07) is 13.0. The maximum atomic E-state index is 12.0. The summed E-state index contributed by atoms with van der Waals surface area (Å²) in [7, 11) is 4.53. The van der Waals surface area contributed by atoms with Crippen LogP contribution in [0.15, 0.2) is 42.5 Å². The van der Waals surface area contributed by atoms with E-state index in [2.05, 4.69) is 10.3 Å². The number of rotatable bonds is 5. The second-order valence-corrected chi connectivity index (χ2v) is 5.74. The smallest absolute Gasteiger partial charge is 0.356 e. The summed E-state index contributed by atoms with van der Waals surface area (Å²) in [6.45, 7) is 1.95. The van der Waals surface area contributed by atoms with E-state index in [4.69, 9.17) is 14.2 Å². The topological polar surface area (TPSA) is 69.7 Å². The number of ether oxygens (including phenoxy) is 3. The second-order valence-electron chi connectivity index (χ2n) is 5.74. The third kappa shape index (κ3) is 3.39. The van der Waals surface area contributed by atoms with E-state index in [0.717, 1.165) is 27.8 Å². The minimum Gasteiger partial charge on any atom is -0.497 e. The van der Waals surface area contributed by atoms with Crippen molar-refractivity contribution in [2.24, 2.45) is 0 Å². The lowest BCUT2D eigenvalue weighted by atomic mass is 10.1. The predicted octanol–water partition coefficient (Wildman–Crippen LogP) is 4.09. The number of aromatic nitrogens is 1. The van der Waals surface area contributed by atoms with Crippen molar-refractivity contribution < 1.29 is 19.0 Å². The van der Waals surface area contributed by atoms with Gasteiger partial charge in [-0.2, -0.15) is 0 Å². The van der Waals surface area contributed by atoms with Gasteiger partial charge in [-0.15, -0.1) is 0 Å². The van der Waals surface area contributed by atoms with Gasteiger partial charge in [0, 0.05) is 29.3 Å². The maximum absolute atomic E-state index is 12.0. The number of para-hydroxylation sites is 1. The zero-order chi connectivity index (χ0) is 18.7. The molecule has 0 bridgehead atoms. The Morgan fingerprint density at radius 2 is 1.69 bits per heavy atom. The molecule has 1 heterocycles. The van der Waals surface area contributed by atoms with E-state index in [1.54, 1.807) is 26.4 Å². The van der Waals surface area contributed by atoms with Crippen LogP contribution in [-0.2, 0) is 4.74 Å². The molecule has 0 atom stereocenters. The normalized spacial score (nSPS) is 10.5. The quantitative estimate of drug-likeness (QED) is 0.698. The summed E-state index contributed by atoms with van der Waals surface area (Å²) in [5, 5.41) is 4.24. The number of benzene rings is 2. The fourth-order valence-electron chi connectivity index (χ4n) is 2.74. The third-order valence-corrected chi connectivity index (χ3v) is 4.07. The molecule has 1 aromatic heterocycles. The van der Waals surface area contributed by atoms with Gasteiger partial charge in [0.2, 0.25) is 0 Å². The van der Waals surface area contributed by atoms with Gasteiger partial charge < -0.3 is 19.5 Å². The number of hydrogen-bond donors (Lipinski definition) is 1. The van der Waals surface area contributed by atoms with Crippen molar-refractivity contribution >= 4 is 28.2 Å². The first kappa shape index (κ1) is 17.5. The van der Waals surface area contributed by atoms with Crippen LogP contribution in [0, 0.1) is 6.92 Å². The minimum atomic E-state index is -0.485. The zero-order valence-corrected chi connectivity index (χ0v) is 15.1. The number of anilines is 2. The number of nitrogens with one attached hydrogen (secondary N) is 1. The molecular formula is C20H20N2O4. The minimum absolute atomic E-state index is 0.242.